The molecule has 224 valence electrons. The van der Waals surface area contributed by atoms with E-state index in [1.807, 2.05) is 91.0 Å². The summed E-state index contributed by atoms with van der Waals surface area (Å²) in [5.41, 5.74) is 6.72. The van der Waals surface area contributed by atoms with E-state index < -0.39 is 0 Å². The Balaban J connectivity index is 1.64. The van der Waals surface area contributed by atoms with Gasteiger partial charge in [0.25, 0.3) is 0 Å². The van der Waals surface area contributed by atoms with E-state index in [0.717, 1.165) is 55.7 Å². The lowest BCUT2D eigenvalue weighted by Gasteiger charge is -2.34. The molecule has 0 spiro atoms. The van der Waals surface area contributed by atoms with Gasteiger partial charge in [0.1, 0.15) is 17.7 Å². The van der Waals surface area contributed by atoms with Gasteiger partial charge in [0.2, 0.25) is 0 Å². The number of aromatic nitrogens is 2. The highest BCUT2D eigenvalue weighted by Gasteiger charge is 2.27. The van der Waals surface area contributed by atoms with E-state index in [4.69, 9.17) is 9.97 Å². The Labute approximate surface area is 277 Å². The lowest BCUT2D eigenvalue weighted by Crippen LogP contribution is -2.17. The highest BCUT2D eigenvalue weighted by atomic mass is 15.2. The number of nitriles is 2. The highest BCUT2D eigenvalue weighted by Crippen LogP contribution is 2.51. The Morgan fingerprint density at radius 1 is 0.396 bits per heavy atom. The summed E-state index contributed by atoms with van der Waals surface area (Å²) in [7, 11) is 0. The first kappa shape index (κ1) is 28.5. The van der Waals surface area contributed by atoms with Crippen LogP contribution in [0.5, 0.6) is 0 Å². The number of fused-ring (bicyclic) bond motifs is 6. The summed E-state index contributed by atoms with van der Waals surface area (Å²) in [6, 6.07) is 57.6. The standard InChI is InChI=1S/C42H26N6/c43-27-36-37(28-44)46-41-39-34(33-23-13-14-24-35(33)40(41)45-36)25-26-38(47(29-15-5-1-6-16-29)30-17-7-2-8-18-30)42(39)48(31-19-9-3-10-20-31)32-21-11-4-12-22-32/h1-26H. The van der Waals surface area contributed by atoms with Gasteiger partial charge in [-0.2, -0.15) is 10.5 Å². The molecule has 0 aliphatic rings. The molecule has 48 heavy (non-hydrogen) atoms. The predicted octanol–water partition coefficient (Wildman–Crippen LogP) is 10.6. The second-order valence-electron chi connectivity index (χ2n) is 11.3. The largest absolute Gasteiger partial charge is 0.308 e. The van der Waals surface area contributed by atoms with Crippen molar-refractivity contribution in [3.63, 3.8) is 0 Å². The van der Waals surface area contributed by atoms with E-state index in [-0.39, 0.29) is 11.4 Å². The zero-order chi connectivity index (χ0) is 32.5. The van der Waals surface area contributed by atoms with Crippen LogP contribution in [0.2, 0.25) is 0 Å². The number of anilines is 6. The third-order valence-electron chi connectivity index (χ3n) is 8.50. The summed E-state index contributed by atoms with van der Waals surface area (Å²) in [6.07, 6.45) is 0. The van der Waals surface area contributed by atoms with Crippen LogP contribution >= 0.6 is 0 Å². The van der Waals surface area contributed by atoms with Crippen LogP contribution in [0.3, 0.4) is 0 Å². The van der Waals surface area contributed by atoms with Gasteiger partial charge in [-0.15, -0.1) is 0 Å². The maximum Gasteiger partial charge on any atom is 0.177 e. The Hall–Kier alpha value is -7.02. The van der Waals surface area contributed by atoms with Crippen LogP contribution in [0.1, 0.15) is 11.4 Å². The topological polar surface area (TPSA) is 79.8 Å². The molecule has 0 aliphatic carbocycles. The molecule has 0 saturated carbocycles. The van der Waals surface area contributed by atoms with Crippen molar-refractivity contribution in [2.45, 2.75) is 0 Å². The smallest absolute Gasteiger partial charge is 0.177 e. The summed E-state index contributed by atoms with van der Waals surface area (Å²) >= 11 is 0. The molecule has 1 aromatic heterocycles. The molecule has 0 amide bonds. The van der Waals surface area contributed by atoms with Crippen molar-refractivity contribution in [3.8, 4) is 12.1 Å². The average molecular weight is 615 g/mol. The zero-order valence-electron chi connectivity index (χ0n) is 25.7. The van der Waals surface area contributed by atoms with Crippen LogP contribution in [0.4, 0.5) is 34.1 Å². The first-order chi connectivity index (χ1) is 23.8. The van der Waals surface area contributed by atoms with Crippen molar-refractivity contribution in [1.82, 2.24) is 9.97 Å². The first-order valence-corrected chi connectivity index (χ1v) is 15.6. The number of hydrogen-bond acceptors (Lipinski definition) is 6. The Morgan fingerprint density at radius 3 is 1.29 bits per heavy atom. The molecular formula is C42H26N6. The van der Waals surface area contributed by atoms with Gasteiger partial charge in [-0.25, -0.2) is 9.97 Å². The molecule has 0 fully saturated rings. The number of rotatable bonds is 6. The molecule has 0 bridgehead atoms. The van der Waals surface area contributed by atoms with E-state index >= 15 is 0 Å². The maximum absolute atomic E-state index is 10.1. The lowest BCUT2D eigenvalue weighted by molar-refractivity contribution is 1.20. The van der Waals surface area contributed by atoms with Crippen molar-refractivity contribution in [3.05, 3.63) is 169 Å². The number of nitrogens with zero attached hydrogens (tertiary/aromatic N) is 6. The monoisotopic (exact) mass is 614 g/mol. The van der Waals surface area contributed by atoms with E-state index in [1.54, 1.807) is 0 Å². The minimum atomic E-state index is -0.00752. The Morgan fingerprint density at radius 2 is 0.812 bits per heavy atom. The Bertz CT molecular complexity index is 2440. The van der Waals surface area contributed by atoms with Gasteiger partial charge in [-0.1, -0.05) is 103 Å². The van der Waals surface area contributed by atoms with E-state index in [9.17, 15) is 10.5 Å². The third kappa shape index (κ3) is 4.73. The number of para-hydroxylation sites is 4. The first-order valence-electron chi connectivity index (χ1n) is 15.6. The summed E-state index contributed by atoms with van der Waals surface area (Å²) in [5, 5.41) is 23.7. The van der Waals surface area contributed by atoms with Crippen LogP contribution in [0.25, 0.3) is 32.6 Å². The van der Waals surface area contributed by atoms with Crippen molar-refractivity contribution < 1.29 is 0 Å². The van der Waals surface area contributed by atoms with Gasteiger partial charge >= 0.3 is 0 Å². The van der Waals surface area contributed by atoms with Gasteiger partial charge < -0.3 is 9.80 Å². The van der Waals surface area contributed by atoms with Crippen LogP contribution in [0, 0.1) is 22.7 Å². The number of hydrogen-bond donors (Lipinski definition) is 0. The summed E-state index contributed by atoms with van der Waals surface area (Å²) in [4.78, 5) is 14.2. The molecule has 0 aliphatic heterocycles. The molecule has 8 aromatic rings. The van der Waals surface area contributed by atoms with Crippen LogP contribution < -0.4 is 9.80 Å². The molecule has 6 nitrogen and oxygen atoms in total. The van der Waals surface area contributed by atoms with Crippen molar-refractivity contribution in [2.75, 3.05) is 9.80 Å². The summed E-state index contributed by atoms with van der Waals surface area (Å²) in [5.74, 6) is 0. The molecule has 8 rings (SSSR count). The lowest BCUT2D eigenvalue weighted by atomic mass is 9.95. The second-order valence-corrected chi connectivity index (χ2v) is 11.3. The molecular weight excluding hydrogens is 589 g/mol. The van der Waals surface area contributed by atoms with Crippen LogP contribution in [-0.2, 0) is 0 Å². The zero-order valence-corrected chi connectivity index (χ0v) is 25.7. The van der Waals surface area contributed by atoms with E-state index in [1.165, 1.54) is 0 Å². The van der Waals surface area contributed by atoms with Gasteiger partial charge in [0.05, 0.1) is 16.9 Å². The molecule has 0 unspecified atom stereocenters. The number of benzene rings is 7. The fraction of sp³-hybridized carbons (Fsp3) is 0. The van der Waals surface area contributed by atoms with Gasteiger partial charge in [-0.3, -0.25) is 0 Å². The summed E-state index contributed by atoms with van der Waals surface area (Å²) < 4.78 is 0. The van der Waals surface area contributed by atoms with E-state index in [0.29, 0.717) is 11.0 Å². The van der Waals surface area contributed by atoms with Crippen molar-refractivity contribution >= 4 is 66.7 Å². The summed E-state index contributed by atoms with van der Waals surface area (Å²) in [6.45, 7) is 0. The Kier molecular flexibility index (Phi) is 7.15. The average Bonchev–Trinajstić information content (AvgIpc) is 3.16. The molecule has 6 heteroatoms. The maximum atomic E-state index is 10.1. The quantitative estimate of drug-likeness (QED) is 0.173. The molecule has 0 N–H and O–H groups in total. The highest BCUT2D eigenvalue weighted by molar-refractivity contribution is 6.28. The van der Waals surface area contributed by atoms with Crippen LogP contribution in [0.15, 0.2) is 158 Å². The molecule has 0 radical (unpaired) electrons. The van der Waals surface area contributed by atoms with Crippen LogP contribution in [-0.4, -0.2) is 9.97 Å². The normalized spacial score (nSPS) is 10.9. The predicted molar refractivity (Wildman–Crippen MR) is 193 cm³/mol. The van der Waals surface area contributed by atoms with E-state index in [2.05, 4.69) is 88.7 Å². The fourth-order valence-corrected chi connectivity index (χ4v) is 6.47. The van der Waals surface area contributed by atoms with Crippen molar-refractivity contribution in [1.29, 1.82) is 10.5 Å². The second kappa shape index (κ2) is 12.1. The van der Waals surface area contributed by atoms with Gasteiger partial charge in [0, 0.05) is 33.5 Å². The molecule has 7 aromatic carbocycles. The van der Waals surface area contributed by atoms with Gasteiger partial charge in [-0.05, 0) is 65.4 Å². The third-order valence-corrected chi connectivity index (χ3v) is 8.50. The minimum absolute atomic E-state index is 0.00498. The molecule has 0 atom stereocenters. The molecule has 1 heterocycles. The van der Waals surface area contributed by atoms with Gasteiger partial charge in [0.15, 0.2) is 11.4 Å². The van der Waals surface area contributed by atoms with Crippen molar-refractivity contribution in [2.24, 2.45) is 0 Å². The molecule has 0 saturated heterocycles. The SMILES string of the molecule is N#Cc1nc2c3ccccc3c3ccc(N(c4ccccc4)c4ccccc4)c(N(c4ccccc4)c4ccccc4)c3c2nc1C#N. The minimum Gasteiger partial charge on any atom is -0.308 e. The fourth-order valence-electron chi connectivity index (χ4n) is 6.47.